The Morgan fingerprint density at radius 1 is 1.22 bits per heavy atom. The van der Waals surface area contributed by atoms with Gasteiger partial charge in [0.15, 0.2) is 0 Å². The Bertz CT molecular complexity index is 831. The molecule has 6 nitrogen and oxygen atoms in total. The number of ether oxygens (including phenoxy) is 1. The van der Waals surface area contributed by atoms with Crippen molar-refractivity contribution in [3.05, 3.63) is 11.0 Å². The van der Waals surface area contributed by atoms with E-state index in [2.05, 4.69) is 18.7 Å². The second-order valence-corrected chi connectivity index (χ2v) is 16.5. The maximum atomic E-state index is 13.3. The second kappa shape index (κ2) is 12.2. The summed E-state index contributed by atoms with van der Waals surface area (Å²) in [5.74, 6) is 0.293. The third-order valence-electron chi connectivity index (χ3n) is 8.52. The van der Waals surface area contributed by atoms with Crippen molar-refractivity contribution >= 4 is 39.7 Å². The van der Waals surface area contributed by atoms with Crippen LogP contribution in [-0.4, -0.2) is 86.3 Å². The van der Waals surface area contributed by atoms with Crippen LogP contribution in [0.4, 0.5) is 0 Å². The average molecular weight is 582 g/mol. The van der Waals surface area contributed by atoms with E-state index in [9.17, 15) is 13.9 Å². The van der Waals surface area contributed by atoms with Gasteiger partial charge in [-0.25, -0.2) is 0 Å². The molecule has 0 radical (unpaired) electrons. The van der Waals surface area contributed by atoms with Crippen LogP contribution in [0.2, 0.25) is 0 Å². The third-order valence-corrected chi connectivity index (χ3v) is 12.4. The van der Waals surface area contributed by atoms with E-state index in [-0.39, 0.29) is 40.6 Å². The second-order valence-electron chi connectivity index (χ2n) is 13.0. The molecular weight excluding hydrogens is 531 g/mol. The normalized spacial score (nSPS) is 33.4. The van der Waals surface area contributed by atoms with Crippen molar-refractivity contribution in [2.45, 2.75) is 107 Å². The van der Waals surface area contributed by atoms with Crippen LogP contribution in [0, 0.1) is 17.3 Å². The number of amides is 1. The van der Waals surface area contributed by atoms with Crippen LogP contribution in [0.1, 0.15) is 79.6 Å². The van der Waals surface area contributed by atoms with Gasteiger partial charge in [0.25, 0.3) is 0 Å². The topological polar surface area (TPSA) is 73.2 Å². The van der Waals surface area contributed by atoms with Gasteiger partial charge in [0, 0.05) is 40.2 Å². The van der Waals surface area contributed by atoms with Gasteiger partial charge in [0.05, 0.1) is 23.3 Å². The summed E-state index contributed by atoms with van der Waals surface area (Å²) in [6.45, 7) is 12.0. The molecule has 216 valence electrons. The summed E-state index contributed by atoms with van der Waals surface area (Å²) in [6, 6.07) is 0.00136. The summed E-state index contributed by atoms with van der Waals surface area (Å²) in [5, 5.41) is -0.174. The van der Waals surface area contributed by atoms with E-state index in [1.807, 2.05) is 45.8 Å². The van der Waals surface area contributed by atoms with Gasteiger partial charge in [-0.2, -0.15) is 10.6 Å². The van der Waals surface area contributed by atoms with Crippen LogP contribution in [0.5, 0.6) is 0 Å². The predicted octanol–water partition coefficient (Wildman–Crippen LogP) is 6.81. The molecular formula is C28H50Cl2N2O4S. The Morgan fingerprint density at radius 3 is 2.41 bits per heavy atom. The summed E-state index contributed by atoms with van der Waals surface area (Å²) in [6.07, 6.45) is 7.06. The van der Waals surface area contributed by atoms with Gasteiger partial charge in [-0.15, -0.1) is 23.2 Å². The molecule has 9 heteroatoms. The number of allylic oxidation sites excluding steroid dienone is 2. The highest BCUT2D eigenvalue weighted by Gasteiger charge is 2.68. The molecule has 37 heavy (non-hydrogen) atoms. The van der Waals surface area contributed by atoms with Crippen LogP contribution < -0.4 is 0 Å². The minimum absolute atomic E-state index is 0.0529. The standard InChI is InChI=1S/C28H50Cl2N2O4S/c1-19(2)32(26(33)27(3,4)5)25-13-8-20(16-24(25)30)28(17-21(28)18-36-15-14-31(6)7)37(34,35)23-11-9-22(29)10-12-23/h11,19-22,24-25,34-35H,8-10,12-18H2,1-7H3. The molecule has 1 amide bonds. The summed E-state index contributed by atoms with van der Waals surface area (Å²) in [5.41, 5.74) is -0.479. The fraction of sp³-hybridized carbons (Fsp3) is 0.893. The molecule has 6 atom stereocenters. The van der Waals surface area contributed by atoms with Gasteiger partial charge in [-0.1, -0.05) is 26.8 Å². The van der Waals surface area contributed by atoms with Gasteiger partial charge in [-0.3, -0.25) is 13.9 Å². The first-order valence-corrected chi connectivity index (χ1v) is 16.3. The zero-order valence-corrected chi connectivity index (χ0v) is 26.2. The summed E-state index contributed by atoms with van der Waals surface area (Å²) in [7, 11) is 1.02. The number of alkyl halides is 2. The van der Waals surface area contributed by atoms with E-state index >= 15 is 0 Å². The van der Waals surface area contributed by atoms with E-state index in [0.717, 1.165) is 37.1 Å². The van der Waals surface area contributed by atoms with Crippen LogP contribution in [0.15, 0.2) is 11.0 Å². The highest BCUT2D eigenvalue weighted by Crippen LogP contribution is 2.78. The van der Waals surface area contributed by atoms with E-state index in [1.54, 1.807) is 0 Å². The molecule has 0 bridgehead atoms. The number of hydrogen-bond donors (Lipinski definition) is 2. The Kier molecular flexibility index (Phi) is 10.4. The van der Waals surface area contributed by atoms with Crippen molar-refractivity contribution < 1.29 is 18.6 Å². The number of carbonyl (C=O) groups is 1. The summed E-state index contributed by atoms with van der Waals surface area (Å²) >= 11 is 13.4. The average Bonchev–Trinajstić information content (AvgIpc) is 3.53. The first-order chi connectivity index (χ1) is 17.1. The van der Waals surface area contributed by atoms with Crippen LogP contribution >= 0.6 is 33.8 Å². The van der Waals surface area contributed by atoms with Crippen LogP contribution in [0.3, 0.4) is 0 Å². The number of carbonyl (C=O) groups excluding carboxylic acids is 1. The largest absolute Gasteiger partial charge is 0.380 e. The van der Waals surface area contributed by atoms with E-state index in [1.165, 1.54) is 0 Å². The van der Waals surface area contributed by atoms with Crippen molar-refractivity contribution in [3.63, 3.8) is 0 Å². The third kappa shape index (κ3) is 6.83. The summed E-state index contributed by atoms with van der Waals surface area (Å²) in [4.78, 5) is 18.2. The molecule has 0 saturated heterocycles. The highest BCUT2D eigenvalue weighted by atomic mass is 35.5. The molecule has 0 spiro atoms. The minimum Gasteiger partial charge on any atom is -0.380 e. The molecule has 2 N–H and O–H groups in total. The summed E-state index contributed by atoms with van der Waals surface area (Å²) < 4.78 is 29.2. The molecule has 2 saturated carbocycles. The first kappa shape index (κ1) is 31.5. The predicted molar refractivity (Wildman–Crippen MR) is 157 cm³/mol. The van der Waals surface area contributed by atoms with E-state index in [0.29, 0.717) is 32.5 Å². The Balaban J connectivity index is 1.82. The zero-order chi connectivity index (χ0) is 27.8. The molecule has 3 rings (SSSR count). The van der Waals surface area contributed by atoms with Crippen molar-refractivity contribution in [1.29, 1.82) is 0 Å². The number of nitrogens with zero attached hydrogens (tertiary/aromatic N) is 2. The lowest BCUT2D eigenvalue weighted by molar-refractivity contribution is -0.145. The number of rotatable bonds is 10. The molecule has 0 heterocycles. The van der Waals surface area contributed by atoms with Crippen molar-refractivity contribution in [1.82, 2.24) is 9.80 Å². The lowest BCUT2D eigenvalue weighted by Crippen LogP contribution is -2.55. The Hall–Kier alpha value is -0.0200. The molecule has 0 aromatic rings. The SMILES string of the molecule is CC(C)N(C(=O)C(C)(C)C)C1CCC(C2(S(O)(O)C3=CCC(Cl)CC3)CC2COCCN(C)C)CC1Cl. The van der Waals surface area contributed by atoms with E-state index < -0.39 is 20.8 Å². The van der Waals surface area contributed by atoms with E-state index in [4.69, 9.17) is 27.9 Å². The smallest absolute Gasteiger partial charge is 0.228 e. The highest BCUT2D eigenvalue weighted by molar-refractivity contribution is 8.29. The molecule has 2 fully saturated rings. The van der Waals surface area contributed by atoms with Gasteiger partial charge >= 0.3 is 0 Å². The molecule has 0 aromatic carbocycles. The number of likely N-dealkylation sites (N-methyl/N-ethyl adjacent to an activating group) is 1. The maximum Gasteiger partial charge on any atom is 0.228 e. The Morgan fingerprint density at radius 2 is 1.89 bits per heavy atom. The van der Waals surface area contributed by atoms with Gasteiger partial charge < -0.3 is 14.5 Å². The van der Waals surface area contributed by atoms with Crippen LogP contribution in [-0.2, 0) is 9.53 Å². The fourth-order valence-electron chi connectivity index (χ4n) is 6.37. The number of halogens is 2. The van der Waals surface area contributed by atoms with Crippen LogP contribution in [0.25, 0.3) is 0 Å². The van der Waals surface area contributed by atoms with Gasteiger partial charge in [0.1, 0.15) is 0 Å². The van der Waals surface area contributed by atoms with Gasteiger partial charge in [-0.05, 0) is 78.8 Å². The lowest BCUT2D eigenvalue weighted by Gasteiger charge is -2.52. The number of hydrogen-bond acceptors (Lipinski definition) is 5. The lowest BCUT2D eigenvalue weighted by atomic mass is 9.80. The quantitative estimate of drug-likeness (QED) is 0.219. The molecule has 3 aliphatic rings. The maximum absolute atomic E-state index is 13.3. The van der Waals surface area contributed by atoms with Crippen molar-refractivity contribution in [2.24, 2.45) is 17.3 Å². The van der Waals surface area contributed by atoms with Crippen molar-refractivity contribution in [3.8, 4) is 0 Å². The van der Waals surface area contributed by atoms with Gasteiger partial charge in [0.2, 0.25) is 5.91 Å². The minimum atomic E-state index is -3.02. The molecule has 6 unspecified atom stereocenters. The fourth-order valence-corrected chi connectivity index (χ4v) is 9.90. The molecule has 3 aliphatic carbocycles. The first-order valence-electron chi connectivity index (χ1n) is 13.9. The Labute approximate surface area is 236 Å². The molecule has 0 aromatic heterocycles. The zero-order valence-electron chi connectivity index (χ0n) is 23.9. The monoisotopic (exact) mass is 580 g/mol. The molecule has 0 aliphatic heterocycles. The van der Waals surface area contributed by atoms with Crippen molar-refractivity contribution in [2.75, 3.05) is 33.9 Å².